The third kappa shape index (κ3) is 6.14. The van der Waals surface area contributed by atoms with Gasteiger partial charge < -0.3 is 16.0 Å². The molecule has 0 radical (unpaired) electrons. The van der Waals surface area contributed by atoms with Crippen molar-refractivity contribution in [3.05, 3.63) is 65.0 Å². The number of benzene rings is 2. The van der Waals surface area contributed by atoms with Gasteiger partial charge in [-0.3, -0.25) is 14.4 Å². The quantitative estimate of drug-likeness (QED) is 0.669. The van der Waals surface area contributed by atoms with E-state index in [2.05, 4.69) is 16.0 Å². The van der Waals surface area contributed by atoms with Gasteiger partial charge in [0.1, 0.15) is 11.9 Å². The number of aryl methyl sites for hydroxylation is 2. The molecular weight excluding hydrogens is 373 g/mol. The Morgan fingerprint density at radius 2 is 1.55 bits per heavy atom. The summed E-state index contributed by atoms with van der Waals surface area (Å²) in [6, 6.07) is 9.89. The monoisotopic (exact) mass is 399 g/mol. The van der Waals surface area contributed by atoms with Crippen LogP contribution in [0.15, 0.2) is 42.5 Å². The van der Waals surface area contributed by atoms with E-state index in [9.17, 15) is 18.8 Å². The van der Waals surface area contributed by atoms with Gasteiger partial charge in [-0.25, -0.2) is 4.39 Å². The molecule has 0 fully saturated rings. The molecule has 0 aliphatic rings. The zero-order valence-electron chi connectivity index (χ0n) is 17.0. The SMILES string of the molecule is Cc1cccc(C)c1NC(=O)CNC(=O)C(NC(=O)c1ccc(F)cc1)C(C)C. The highest BCUT2D eigenvalue weighted by Crippen LogP contribution is 2.19. The zero-order chi connectivity index (χ0) is 21.6. The first-order valence-electron chi connectivity index (χ1n) is 9.39. The Hall–Kier alpha value is -3.22. The Labute approximate surface area is 169 Å². The van der Waals surface area contributed by atoms with Gasteiger partial charge in [-0.2, -0.15) is 0 Å². The van der Waals surface area contributed by atoms with Gasteiger partial charge in [0.2, 0.25) is 11.8 Å². The molecule has 0 aliphatic heterocycles. The predicted octanol–water partition coefficient (Wildman–Crippen LogP) is 2.95. The Morgan fingerprint density at radius 1 is 0.966 bits per heavy atom. The van der Waals surface area contributed by atoms with Crippen LogP contribution in [0.5, 0.6) is 0 Å². The van der Waals surface area contributed by atoms with Gasteiger partial charge in [0.05, 0.1) is 6.54 Å². The minimum absolute atomic E-state index is 0.207. The van der Waals surface area contributed by atoms with Crippen LogP contribution in [-0.4, -0.2) is 30.3 Å². The first kappa shape index (κ1) is 22.1. The summed E-state index contributed by atoms with van der Waals surface area (Å²) < 4.78 is 13.0. The minimum atomic E-state index is -0.833. The van der Waals surface area contributed by atoms with Gasteiger partial charge >= 0.3 is 0 Å². The molecule has 0 bridgehead atoms. The maximum absolute atomic E-state index is 13.0. The molecule has 3 amide bonds. The molecule has 0 spiro atoms. The van der Waals surface area contributed by atoms with Crippen molar-refractivity contribution in [3.8, 4) is 0 Å². The number of para-hydroxylation sites is 1. The third-order valence-electron chi connectivity index (χ3n) is 4.51. The standard InChI is InChI=1S/C22H26FN3O3/c1-13(2)19(26-21(28)16-8-10-17(23)11-9-16)22(29)24-12-18(27)25-20-14(3)6-5-7-15(20)4/h5-11,13,19H,12H2,1-4H3,(H,24,29)(H,25,27)(H,26,28). The van der Waals surface area contributed by atoms with E-state index in [-0.39, 0.29) is 23.9 Å². The van der Waals surface area contributed by atoms with Gasteiger partial charge in [0.25, 0.3) is 5.91 Å². The van der Waals surface area contributed by atoms with E-state index >= 15 is 0 Å². The summed E-state index contributed by atoms with van der Waals surface area (Å²) in [5, 5.41) is 8.00. The molecule has 1 atom stereocenters. The van der Waals surface area contributed by atoms with Gasteiger partial charge in [-0.1, -0.05) is 32.0 Å². The second kappa shape index (κ2) is 9.82. The van der Waals surface area contributed by atoms with Crippen LogP contribution >= 0.6 is 0 Å². The number of hydrogen-bond donors (Lipinski definition) is 3. The molecule has 1 unspecified atom stereocenters. The Kier molecular flexibility index (Phi) is 7.47. The van der Waals surface area contributed by atoms with Crippen molar-refractivity contribution in [1.29, 1.82) is 0 Å². The lowest BCUT2D eigenvalue weighted by atomic mass is 10.0. The Bertz CT molecular complexity index is 874. The lowest BCUT2D eigenvalue weighted by molar-refractivity contribution is -0.126. The number of nitrogens with one attached hydrogen (secondary N) is 3. The molecular formula is C22H26FN3O3. The molecule has 0 aromatic heterocycles. The van der Waals surface area contributed by atoms with Crippen molar-refractivity contribution in [2.45, 2.75) is 33.7 Å². The lowest BCUT2D eigenvalue weighted by Gasteiger charge is -2.22. The highest BCUT2D eigenvalue weighted by Gasteiger charge is 2.25. The molecule has 3 N–H and O–H groups in total. The van der Waals surface area contributed by atoms with E-state index in [0.29, 0.717) is 0 Å². The minimum Gasteiger partial charge on any atom is -0.345 e. The third-order valence-corrected chi connectivity index (χ3v) is 4.51. The normalized spacial score (nSPS) is 11.7. The van der Waals surface area contributed by atoms with Gasteiger partial charge in [-0.15, -0.1) is 0 Å². The molecule has 0 aliphatic carbocycles. The summed E-state index contributed by atoms with van der Waals surface area (Å²) in [5.41, 5.74) is 2.82. The number of rotatable bonds is 7. The lowest BCUT2D eigenvalue weighted by Crippen LogP contribution is -2.51. The molecule has 2 aromatic carbocycles. The molecule has 0 saturated heterocycles. The maximum atomic E-state index is 13.0. The van der Waals surface area contributed by atoms with Crippen molar-refractivity contribution >= 4 is 23.4 Å². The Morgan fingerprint density at radius 3 is 2.10 bits per heavy atom. The van der Waals surface area contributed by atoms with E-state index in [1.807, 2.05) is 32.0 Å². The van der Waals surface area contributed by atoms with Crippen molar-refractivity contribution in [2.24, 2.45) is 5.92 Å². The second-order valence-electron chi connectivity index (χ2n) is 7.23. The summed E-state index contributed by atoms with van der Waals surface area (Å²) in [7, 11) is 0. The molecule has 0 heterocycles. The molecule has 29 heavy (non-hydrogen) atoms. The average molecular weight is 399 g/mol. The molecule has 2 aromatic rings. The first-order chi connectivity index (χ1) is 13.7. The number of halogens is 1. The number of carbonyl (C=O) groups is 3. The zero-order valence-corrected chi connectivity index (χ0v) is 17.0. The van der Waals surface area contributed by atoms with Crippen LogP contribution in [-0.2, 0) is 9.59 Å². The van der Waals surface area contributed by atoms with Crippen LogP contribution in [0.2, 0.25) is 0 Å². The summed E-state index contributed by atoms with van der Waals surface area (Å²) >= 11 is 0. The van der Waals surface area contributed by atoms with E-state index in [1.54, 1.807) is 13.8 Å². The van der Waals surface area contributed by atoms with E-state index in [1.165, 1.54) is 24.3 Å². The summed E-state index contributed by atoms with van der Waals surface area (Å²) in [6.07, 6.45) is 0. The Balaban J connectivity index is 1.96. The molecule has 7 heteroatoms. The topological polar surface area (TPSA) is 87.3 Å². The fourth-order valence-electron chi connectivity index (χ4n) is 2.83. The van der Waals surface area contributed by atoms with Gasteiger partial charge in [-0.05, 0) is 55.2 Å². The number of amides is 3. The number of carbonyl (C=O) groups excluding carboxylic acids is 3. The smallest absolute Gasteiger partial charge is 0.251 e. The average Bonchev–Trinajstić information content (AvgIpc) is 2.67. The van der Waals surface area contributed by atoms with Crippen molar-refractivity contribution < 1.29 is 18.8 Å². The van der Waals surface area contributed by atoms with E-state index < -0.39 is 23.7 Å². The fourth-order valence-corrected chi connectivity index (χ4v) is 2.83. The van der Waals surface area contributed by atoms with Gasteiger partial charge in [0.15, 0.2) is 0 Å². The summed E-state index contributed by atoms with van der Waals surface area (Å²) in [4.78, 5) is 37.1. The van der Waals surface area contributed by atoms with Crippen LogP contribution in [0.25, 0.3) is 0 Å². The predicted molar refractivity (Wildman–Crippen MR) is 110 cm³/mol. The van der Waals surface area contributed by atoms with Gasteiger partial charge in [0, 0.05) is 11.3 Å². The van der Waals surface area contributed by atoms with Crippen LogP contribution in [0.1, 0.15) is 35.3 Å². The highest BCUT2D eigenvalue weighted by molar-refractivity contribution is 5.99. The van der Waals surface area contributed by atoms with Crippen LogP contribution < -0.4 is 16.0 Å². The maximum Gasteiger partial charge on any atom is 0.251 e. The molecule has 154 valence electrons. The summed E-state index contributed by atoms with van der Waals surface area (Å²) in [6.45, 7) is 7.13. The molecule has 0 saturated carbocycles. The fraction of sp³-hybridized carbons (Fsp3) is 0.318. The van der Waals surface area contributed by atoms with E-state index in [0.717, 1.165) is 16.8 Å². The number of hydrogen-bond acceptors (Lipinski definition) is 3. The van der Waals surface area contributed by atoms with Crippen LogP contribution in [0, 0.1) is 25.6 Å². The second-order valence-corrected chi connectivity index (χ2v) is 7.23. The summed E-state index contributed by atoms with van der Waals surface area (Å²) in [5.74, 6) is -1.97. The molecule has 6 nitrogen and oxygen atoms in total. The molecule has 2 rings (SSSR count). The van der Waals surface area contributed by atoms with Crippen molar-refractivity contribution in [1.82, 2.24) is 10.6 Å². The van der Waals surface area contributed by atoms with E-state index in [4.69, 9.17) is 0 Å². The van der Waals surface area contributed by atoms with Crippen LogP contribution in [0.3, 0.4) is 0 Å². The largest absolute Gasteiger partial charge is 0.345 e. The van der Waals surface area contributed by atoms with Crippen molar-refractivity contribution in [2.75, 3.05) is 11.9 Å². The number of anilines is 1. The van der Waals surface area contributed by atoms with Crippen LogP contribution in [0.4, 0.5) is 10.1 Å². The van der Waals surface area contributed by atoms with Crippen molar-refractivity contribution in [3.63, 3.8) is 0 Å². The first-order valence-corrected chi connectivity index (χ1v) is 9.39. The highest BCUT2D eigenvalue weighted by atomic mass is 19.1.